The van der Waals surface area contributed by atoms with Gasteiger partial charge in [0.1, 0.15) is 13.2 Å². The highest BCUT2D eigenvalue weighted by atomic mass is 16.6. The molecule has 2 saturated heterocycles. The molecule has 156 valence electrons. The summed E-state index contributed by atoms with van der Waals surface area (Å²) in [6, 6.07) is 4.97. The van der Waals surface area contributed by atoms with Gasteiger partial charge < -0.3 is 29.3 Å². The number of esters is 1. The Morgan fingerprint density at radius 2 is 1.86 bits per heavy atom. The van der Waals surface area contributed by atoms with Crippen LogP contribution in [0.5, 0.6) is 11.5 Å². The van der Waals surface area contributed by atoms with Crippen molar-refractivity contribution in [2.75, 3.05) is 44.9 Å². The van der Waals surface area contributed by atoms with Crippen LogP contribution in [-0.2, 0) is 14.3 Å². The van der Waals surface area contributed by atoms with Gasteiger partial charge in [-0.1, -0.05) is 0 Å². The first kappa shape index (κ1) is 19.4. The first-order valence-corrected chi connectivity index (χ1v) is 9.88. The number of rotatable bonds is 3. The summed E-state index contributed by atoms with van der Waals surface area (Å²) in [4.78, 5) is 40.0. The van der Waals surface area contributed by atoms with Crippen molar-refractivity contribution in [1.82, 2.24) is 10.2 Å². The SMILES string of the molecule is COC(=O)C1CCN(C(=O)N[C@H]2CC(=O)N(c3ccc4c(c3)OCCO4)C2)CC1. The zero-order valence-electron chi connectivity index (χ0n) is 16.4. The Balaban J connectivity index is 1.33. The van der Waals surface area contributed by atoms with Crippen LogP contribution in [-0.4, -0.2) is 68.8 Å². The average molecular weight is 403 g/mol. The molecule has 0 spiro atoms. The Bertz CT molecular complexity index is 805. The zero-order chi connectivity index (χ0) is 20.4. The monoisotopic (exact) mass is 403 g/mol. The number of hydrogen-bond donors (Lipinski definition) is 1. The number of nitrogens with zero attached hydrogens (tertiary/aromatic N) is 2. The van der Waals surface area contributed by atoms with Crippen molar-refractivity contribution in [3.8, 4) is 11.5 Å². The van der Waals surface area contributed by atoms with Gasteiger partial charge >= 0.3 is 12.0 Å². The van der Waals surface area contributed by atoms with Gasteiger partial charge in [0.05, 0.1) is 19.1 Å². The fraction of sp³-hybridized carbons (Fsp3) is 0.550. The van der Waals surface area contributed by atoms with Gasteiger partial charge in [0.2, 0.25) is 5.91 Å². The molecule has 1 N–H and O–H groups in total. The third-order valence-electron chi connectivity index (χ3n) is 5.61. The molecular weight excluding hydrogens is 378 g/mol. The molecule has 0 bridgehead atoms. The molecule has 1 aromatic carbocycles. The van der Waals surface area contributed by atoms with E-state index in [1.165, 1.54) is 7.11 Å². The lowest BCUT2D eigenvalue weighted by Crippen LogP contribution is -2.49. The molecule has 0 unspecified atom stereocenters. The number of fused-ring (bicyclic) bond motifs is 1. The van der Waals surface area contributed by atoms with E-state index < -0.39 is 0 Å². The van der Waals surface area contributed by atoms with Crippen molar-refractivity contribution >= 4 is 23.6 Å². The van der Waals surface area contributed by atoms with E-state index in [9.17, 15) is 14.4 Å². The predicted octanol–water partition coefficient (Wildman–Crippen LogP) is 1.16. The maximum absolute atomic E-state index is 12.6. The first-order valence-electron chi connectivity index (χ1n) is 9.88. The van der Waals surface area contributed by atoms with Gasteiger partial charge in [-0.25, -0.2) is 4.79 Å². The fourth-order valence-electron chi connectivity index (χ4n) is 4.00. The number of nitrogens with one attached hydrogen (secondary N) is 1. The van der Waals surface area contributed by atoms with Gasteiger partial charge in [0.25, 0.3) is 0 Å². The summed E-state index contributed by atoms with van der Waals surface area (Å²) in [6.45, 7) is 2.40. The van der Waals surface area contributed by atoms with Gasteiger partial charge in [-0.15, -0.1) is 0 Å². The number of methoxy groups -OCH3 is 1. The van der Waals surface area contributed by atoms with Crippen LogP contribution >= 0.6 is 0 Å². The number of hydrogen-bond acceptors (Lipinski definition) is 6. The van der Waals surface area contributed by atoms with E-state index in [1.807, 2.05) is 6.07 Å². The van der Waals surface area contributed by atoms with Crippen molar-refractivity contribution in [1.29, 1.82) is 0 Å². The van der Waals surface area contributed by atoms with Crippen molar-refractivity contribution in [3.63, 3.8) is 0 Å². The summed E-state index contributed by atoms with van der Waals surface area (Å²) in [5.74, 6) is 0.884. The molecule has 0 saturated carbocycles. The molecule has 3 heterocycles. The van der Waals surface area contributed by atoms with Crippen LogP contribution in [0.25, 0.3) is 0 Å². The lowest BCUT2D eigenvalue weighted by Gasteiger charge is -2.31. The molecule has 1 atom stereocenters. The highest BCUT2D eigenvalue weighted by Crippen LogP contribution is 2.35. The zero-order valence-corrected chi connectivity index (χ0v) is 16.4. The third kappa shape index (κ3) is 4.08. The van der Waals surface area contributed by atoms with Crippen molar-refractivity contribution < 1.29 is 28.6 Å². The second kappa shape index (κ2) is 8.18. The molecule has 0 aromatic heterocycles. The number of ether oxygens (including phenoxy) is 3. The normalized spacial score (nSPS) is 21.8. The topological polar surface area (TPSA) is 97.4 Å². The van der Waals surface area contributed by atoms with Crippen molar-refractivity contribution in [2.45, 2.75) is 25.3 Å². The van der Waals surface area contributed by atoms with Crippen molar-refractivity contribution in [3.05, 3.63) is 18.2 Å². The average Bonchev–Trinajstić information content (AvgIpc) is 3.12. The molecule has 0 radical (unpaired) electrons. The second-order valence-corrected chi connectivity index (χ2v) is 7.47. The Morgan fingerprint density at radius 1 is 1.14 bits per heavy atom. The molecule has 29 heavy (non-hydrogen) atoms. The number of carbonyl (C=O) groups is 3. The van der Waals surface area contributed by atoms with E-state index in [-0.39, 0.29) is 36.3 Å². The van der Waals surface area contributed by atoms with Gasteiger partial charge in [-0.3, -0.25) is 9.59 Å². The van der Waals surface area contributed by atoms with Gasteiger partial charge in [-0.05, 0) is 25.0 Å². The molecule has 9 heteroatoms. The molecular formula is C20H25N3O6. The molecule has 3 aliphatic heterocycles. The van der Waals surface area contributed by atoms with Crippen LogP contribution in [0, 0.1) is 5.92 Å². The molecule has 9 nitrogen and oxygen atoms in total. The molecule has 4 rings (SSSR count). The molecule has 2 fully saturated rings. The number of piperidine rings is 1. The minimum Gasteiger partial charge on any atom is -0.486 e. The first-order chi connectivity index (χ1) is 14.0. The molecule has 1 aromatic rings. The Hall–Kier alpha value is -2.97. The third-order valence-corrected chi connectivity index (χ3v) is 5.61. The lowest BCUT2D eigenvalue weighted by molar-refractivity contribution is -0.146. The predicted molar refractivity (Wildman–Crippen MR) is 103 cm³/mol. The fourth-order valence-corrected chi connectivity index (χ4v) is 4.00. The van der Waals surface area contributed by atoms with Crippen LogP contribution in [0.15, 0.2) is 18.2 Å². The van der Waals surface area contributed by atoms with Crippen molar-refractivity contribution in [2.24, 2.45) is 5.92 Å². The smallest absolute Gasteiger partial charge is 0.317 e. The minimum atomic E-state index is -0.262. The summed E-state index contributed by atoms with van der Waals surface area (Å²) >= 11 is 0. The minimum absolute atomic E-state index is 0.0450. The lowest BCUT2D eigenvalue weighted by atomic mass is 9.97. The number of amides is 3. The number of benzene rings is 1. The Labute approximate surface area is 168 Å². The standard InChI is InChI=1S/C20H25N3O6/c1-27-19(25)13-4-6-22(7-5-13)20(26)21-14-10-18(24)23(12-14)15-2-3-16-17(11-15)29-9-8-28-16/h2-3,11,13-14H,4-10,12H2,1H3,(H,21,26)/t14-/m0/s1. The van der Waals surface area contributed by atoms with Crippen LogP contribution in [0.2, 0.25) is 0 Å². The highest BCUT2D eigenvalue weighted by Gasteiger charge is 2.34. The summed E-state index contributed by atoms with van der Waals surface area (Å²) in [5, 5.41) is 2.95. The van der Waals surface area contributed by atoms with Crippen LogP contribution in [0.1, 0.15) is 19.3 Å². The molecule has 3 amide bonds. The van der Waals surface area contributed by atoms with E-state index in [0.717, 1.165) is 5.69 Å². The van der Waals surface area contributed by atoms with Gasteiger partial charge in [-0.2, -0.15) is 0 Å². The van der Waals surface area contributed by atoms with Crippen LogP contribution in [0.3, 0.4) is 0 Å². The number of anilines is 1. The molecule has 0 aliphatic carbocycles. The number of carbonyl (C=O) groups excluding carboxylic acids is 3. The van der Waals surface area contributed by atoms with Gasteiger partial charge in [0, 0.05) is 37.8 Å². The van der Waals surface area contributed by atoms with Crippen LogP contribution < -0.4 is 19.7 Å². The number of likely N-dealkylation sites (tertiary alicyclic amines) is 1. The van der Waals surface area contributed by atoms with Gasteiger partial charge in [0.15, 0.2) is 11.5 Å². The maximum Gasteiger partial charge on any atom is 0.317 e. The van der Waals surface area contributed by atoms with E-state index in [0.29, 0.717) is 57.2 Å². The van der Waals surface area contributed by atoms with E-state index >= 15 is 0 Å². The summed E-state index contributed by atoms with van der Waals surface area (Å²) in [6.07, 6.45) is 1.43. The Kier molecular flexibility index (Phi) is 5.46. The largest absolute Gasteiger partial charge is 0.486 e. The maximum atomic E-state index is 12.6. The summed E-state index contributed by atoms with van der Waals surface area (Å²) in [7, 11) is 1.38. The summed E-state index contributed by atoms with van der Waals surface area (Å²) in [5.41, 5.74) is 0.731. The van der Waals surface area contributed by atoms with E-state index in [1.54, 1.807) is 21.9 Å². The quantitative estimate of drug-likeness (QED) is 0.761. The van der Waals surface area contributed by atoms with E-state index in [4.69, 9.17) is 14.2 Å². The second-order valence-electron chi connectivity index (χ2n) is 7.47. The van der Waals surface area contributed by atoms with E-state index in [2.05, 4.69) is 5.32 Å². The highest BCUT2D eigenvalue weighted by molar-refractivity contribution is 5.97. The summed E-state index contributed by atoms with van der Waals surface area (Å²) < 4.78 is 15.9. The molecule has 3 aliphatic rings. The number of urea groups is 1. The Morgan fingerprint density at radius 3 is 2.59 bits per heavy atom. The van der Waals surface area contributed by atoms with Crippen LogP contribution in [0.4, 0.5) is 10.5 Å².